The van der Waals surface area contributed by atoms with Gasteiger partial charge in [0.15, 0.2) is 0 Å². The van der Waals surface area contributed by atoms with Crippen molar-refractivity contribution in [2.45, 2.75) is 44.6 Å². The van der Waals surface area contributed by atoms with Crippen molar-refractivity contribution < 1.29 is 29.9 Å². The molecule has 8 heteroatoms. The van der Waals surface area contributed by atoms with Crippen molar-refractivity contribution in [1.82, 2.24) is 10.7 Å². The lowest BCUT2D eigenvalue weighted by atomic mass is 10.1. The van der Waals surface area contributed by atoms with Gasteiger partial charge < -0.3 is 10.4 Å². The molecule has 0 fully saturated rings. The highest BCUT2D eigenvalue weighted by molar-refractivity contribution is 5.83. The minimum absolute atomic E-state index is 0.178. The fraction of sp³-hybridized carbons (Fsp3) is 0.500. The number of carboxylic acids is 1. The molecule has 1 amide bonds. The molecule has 0 aliphatic carbocycles. The SMILES string of the molecule is O=C(CCCCCCON(O)O)NC(Cc1ccccc1)C(=O)O. The molecule has 134 valence electrons. The Hall–Kier alpha value is -2.00. The second-order valence-corrected chi connectivity index (χ2v) is 5.40. The number of hydrogen-bond donors (Lipinski definition) is 4. The first-order chi connectivity index (χ1) is 11.5. The standard InChI is InChI=1S/C16H24N2O6/c19-15(10-6-1-2-7-11-24-18(22)23)17-14(16(20)21)12-13-8-4-3-5-9-13/h3-5,8-9,14,22-23H,1-2,6-7,10-12H2,(H,17,19)(H,20,21). The van der Waals surface area contributed by atoms with Crippen molar-refractivity contribution in [1.29, 1.82) is 0 Å². The Morgan fingerprint density at radius 1 is 1.08 bits per heavy atom. The Labute approximate surface area is 140 Å². The lowest BCUT2D eigenvalue weighted by molar-refractivity contribution is -0.492. The number of carbonyl (C=O) groups is 2. The Morgan fingerprint density at radius 3 is 2.38 bits per heavy atom. The molecule has 1 rings (SSSR count). The summed E-state index contributed by atoms with van der Waals surface area (Å²) in [6, 6.07) is 8.21. The summed E-state index contributed by atoms with van der Waals surface area (Å²) in [7, 11) is 0. The number of unbranched alkanes of at least 4 members (excludes halogenated alkanes) is 3. The Kier molecular flexibility index (Phi) is 9.62. The van der Waals surface area contributed by atoms with E-state index >= 15 is 0 Å². The first-order valence-corrected chi connectivity index (χ1v) is 7.86. The zero-order chi connectivity index (χ0) is 17.8. The van der Waals surface area contributed by atoms with Gasteiger partial charge in [0.05, 0.1) is 12.0 Å². The van der Waals surface area contributed by atoms with Gasteiger partial charge in [0.2, 0.25) is 5.91 Å². The van der Waals surface area contributed by atoms with E-state index in [9.17, 15) is 14.7 Å². The van der Waals surface area contributed by atoms with E-state index in [0.717, 1.165) is 18.4 Å². The summed E-state index contributed by atoms with van der Waals surface area (Å²) in [6.07, 6.45) is 3.30. The number of aliphatic carboxylic acids is 1. The van der Waals surface area contributed by atoms with Gasteiger partial charge in [-0.1, -0.05) is 43.2 Å². The first-order valence-electron chi connectivity index (χ1n) is 7.86. The number of rotatable bonds is 12. The van der Waals surface area contributed by atoms with Gasteiger partial charge in [-0.3, -0.25) is 20.0 Å². The molecule has 1 atom stereocenters. The second-order valence-electron chi connectivity index (χ2n) is 5.40. The topological polar surface area (TPSA) is 119 Å². The van der Waals surface area contributed by atoms with Crippen LogP contribution in [0.4, 0.5) is 0 Å². The van der Waals surface area contributed by atoms with Gasteiger partial charge in [0.1, 0.15) is 6.04 Å². The summed E-state index contributed by atoms with van der Waals surface area (Å²) < 4.78 is 0. The van der Waals surface area contributed by atoms with Crippen LogP contribution in [-0.2, 0) is 20.8 Å². The van der Waals surface area contributed by atoms with Gasteiger partial charge in [-0.2, -0.15) is 0 Å². The molecule has 0 radical (unpaired) electrons. The third-order valence-electron chi connectivity index (χ3n) is 3.42. The largest absolute Gasteiger partial charge is 0.480 e. The molecule has 1 aromatic rings. The maximum atomic E-state index is 11.9. The van der Waals surface area contributed by atoms with Crippen LogP contribution in [0.5, 0.6) is 0 Å². The maximum Gasteiger partial charge on any atom is 0.326 e. The van der Waals surface area contributed by atoms with Crippen molar-refractivity contribution in [2.75, 3.05) is 6.61 Å². The van der Waals surface area contributed by atoms with Crippen LogP contribution in [0.3, 0.4) is 0 Å². The second kappa shape index (κ2) is 11.5. The zero-order valence-electron chi connectivity index (χ0n) is 13.4. The Morgan fingerprint density at radius 2 is 1.75 bits per heavy atom. The highest BCUT2D eigenvalue weighted by Gasteiger charge is 2.19. The van der Waals surface area contributed by atoms with Crippen molar-refractivity contribution >= 4 is 11.9 Å². The lowest BCUT2D eigenvalue weighted by Crippen LogP contribution is -2.42. The highest BCUT2D eigenvalue weighted by atomic mass is 17.1. The van der Waals surface area contributed by atoms with Crippen molar-refractivity contribution in [2.24, 2.45) is 0 Å². The van der Waals surface area contributed by atoms with E-state index in [1.807, 2.05) is 30.3 Å². The summed E-state index contributed by atoms with van der Waals surface area (Å²) in [6.45, 7) is 0.178. The maximum absolute atomic E-state index is 11.9. The number of benzene rings is 1. The molecule has 0 heterocycles. The van der Waals surface area contributed by atoms with Crippen LogP contribution in [0.2, 0.25) is 0 Å². The molecular weight excluding hydrogens is 316 g/mol. The Bertz CT molecular complexity index is 495. The van der Waals surface area contributed by atoms with Crippen molar-refractivity contribution in [3.8, 4) is 0 Å². The molecule has 0 aliphatic heterocycles. The zero-order valence-corrected chi connectivity index (χ0v) is 13.4. The van der Waals surface area contributed by atoms with E-state index < -0.39 is 12.0 Å². The molecule has 1 aromatic carbocycles. The molecule has 4 N–H and O–H groups in total. The van der Waals surface area contributed by atoms with Crippen LogP contribution in [0.25, 0.3) is 0 Å². The predicted octanol–water partition coefficient (Wildman–Crippen LogP) is 1.76. The molecule has 0 bridgehead atoms. The molecule has 1 unspecified atom stereocenters. The van der Waals surface area contributed by atoms with Crippen LogP contribution in [0, 0.1) is 0 Å². The molecule has 0 aromatic heterocycles. The number of nitrogens with one attached hydrogen (secondary N) is 1. The van der Waals surface area contributed by atoms with Gasteiger partial charge in [-0.25, -0.2) is 4.79 Å². The summed E-state index contributed by atoms with van der Waals surface area (Å²) in [5, 5.41) is 28.1. The predicted molar refractivity (Wildman–Crippen MR) is 84.2 cm³/mol. The third kappa shape index (κ3) is 9.21. The molecule has 0 saturated heterocycles. The minimum Gasteiger partial charge on any atom is -0.480 e. The number of nitrogens with zero attached hydrogens (tertiary/aromatic N) is 1. The van der Waals surface area contributed by atoms with Crippen LogP contribution >= 0.6 is 0 Å². The van der Waals surface area contributed by atoms with E-state index in [2.05, 4.69) is 10.2 Å². The summed E-state index contributed by atoms with van der Waals surface area (Å²) in [5.74, 6) is -1.34. The number of carboxylic acid groups (broad SMARTS) is 1. The lowest BCUT2D eigenvalue weighted by Gasteiger charge is -2.14. The van der Waals surface area contributed by atoms with Gasteiger partial charge in [-0.05, 0) is 18.4 Å². The van der Waals surface area contributed by atoms with Crippen LogP contribution in [0.1, 0.15) is 37.7 Å². The van der Waals surface area contributed by atoms with Crippen molar-refractivity contribution in [3.63, 3.8) is 0 Å². The number of carbonyl (C=O) groups excluding carboxylic acids is 1. The fourth-order valence-electron chi connectivity index (χ4n) is 2.20. The van der Waals surface area contributed by atoms with Gasteiger partial charge in [0.25, 0.3) is 0 Å². The van der Waals surface area contributed by atoms with E-state index in [0.29, 0.717) is 12.8 Å². The van der Waals surface area contributed by atoms with E-state index in [1.54, 1.807) is 0 Å². The summed E-state index contributed by atoms with van der Waals surface area (Å²) in [5.41, 5.74) is 0.854. The number of hydrogen-bond acceptors (Lipinski definition) is 6. The third-order valence-corrected chi connectivity index (χ3v) is 3.42. The summed E-state index contributed by atoms with van der Waals surface area (Å²) in [4.78, 5) is 27.5. The van der Waals surface area contributed by atoms with E-state index in [4.69, 9.17) is 10.4 Å². The molecule has 0 aliphatic rings. The Balaban J connectivity index is 2.22. The average Bonchev–Trinajstić information content (AvgIpc) is 2.54. The van der Waals surface area contributed by atoms with Crippen LogP contribution in [-0.4, -0.2) is 45.4 Å². The van der Waals surface area contributed by atoms with Crippen LogP contribution < -0.4 is 5.32 Å². The number of amides is 1. The molecule has 24 heavy (non-hydrogen) atoms. The smallest absolute Gasteiger partial charge is 0.326 e. The van der Waals surface area contributed by atoms with Gasteiger partial charge in [0, 0.05) is 12.8 Å². The van der Waals surface area contributed by atoms with Gasteiger partial charge in [-0.15, -0.1) is 0 Å². The van der Waals surface area contributed by atoms with Crippen molar-refractivity contribution in [3.05, 3.63) is 35.9 Å². The quantitative estimate of drug-likeness (QED) is 0.338. The summed E-state index contributed by atoms with van der Waals surface area (Å²) >= 11 is 0. The van der Waals surface area contributed by atoms with Gasteiger partial charge >= 0.3 is 5.97 Å². The normalized spacial score (nSPS) is 12.1. The molecular formula is C16H24N2O6. The molecule has 0 saturated carbocycles. The fourth-order valence-corrected chi connectivity index (χ4v) is 2.20. The first kappa shape index (κ1) is 20.0. The van der Waals surface area contributed by atoms with Crippen LogP contribution in [0.15, 0.2) is 30.3 Å². The minimum atomic E-state index is -1.05. The molecule has 8 nitrogen and oxygen atoms in total. The highest BCUT2D eigenvalue weighted by Crippen LogP contribution is 2.06. The molecule has 0 spiro atoms. The average molecular weight is 340 g/mol. The van der Waals surface area contributed by atoms with E-state index in [1.165, 1.54) is 0 Å². The van der Waals surface area contributed by atoms with E-state index in [-0.39, 0.29) is 30.7 Å². The monoisotopic (exact) mass is 340 g/mol.